The van der Waals surface area contributed by atoms with Crippen LogP contribution >= 0.6 is 11.6 Å². The molecule has 3 nitrogen and oxygen atoms in total. The molecule has 0 aliphatic heterocycles. The number of nitrogens with zero attached hydrogens (tertiary/aromatic N) is 2. The first-order valence-corrected chi connectivity index (χ1v) is 7.63. The average Bonchev–Trinajstić information content (AvgIpc) is 2.97. The molecule has 0 spiro atoms. The predicted molar refractivity (Wildman–Crippen MR) is 92.7 cm³/mol. The number of rotatable bonds is 2. The van der Waals surface area contributed by atoms with Crippen LogP contribution in [0.15, 0.2) is 72.9 Å². The Balaban J connectivity index is 2.04. The molecule has 0 saturated carbocycles. The maximum Gasteiger partial charge on any atom is 0.149 e. The first kappa shape index (κ1) is 13.9. The second kappa shape index (κ2) is 5.45. The van der Waals surface area contributed by atoms with Crippen molar-refractivity contribution < 1.29 is 5.11 Å². The van der Waals surface area contributed by atoms with Gasteiger partial charge in [-0.15, -0.1) is 0 Å². The zero-order valence-electron chi connectivity index (χ0n) is 12.1. The Labute approximate surface area is 138 Å². The van der Waals surface area contributed by atoms with Crippen LogP contribution < -0.4 is 0 Å². The van der Waals surface area contributed by atoms with Crippen molar-refractivity contribution in [2.75, 3.05) is 0 Å². The van der Waals surface area contributed by atoms with E-state index in [1.165, 1.54) is 0 Å². The molecule has 0 aliphatic rings. The highest BCUT2D eigenvalue weighted by molar-refractivity contribution is 6.30. The Hall–Kier alpha value is -2.78. The lowest BCUT2D eigenvalue weighted by molar-refractivity contribution is 0.477. The summed E-state index contributed by atoms with van der Waals surface area (Å²) < 4.78 is 1.97. The van der Waals surface area contributed by atoms with Crippen molar-refractivity contribution in [3.63, 3.8) is 0 Å². The Kier molecular flexibility index (Phi) is 3.28. The zero-order valence-corrected chi connectivity index (χ0v) is 12.9. The van der Waals surface area contributed by atoms with Crippen molar-refractivity contribution >= 4 is 17.1 Å². The molecule has 4 aromatic rings. The number of benzene rings is 2. The van der Waals surface area contributed by atoms with Gasteiger partial charge < -0.3 is 5.11 Å². The molecule has 4 rings (SSSR count). The first-order valence-electron chi connectivity index (χ1n) is 7.25. The van der Waals surface area contributed by atoms with Crippen LogP contribution in [0.5, 0.6) is 5.75 Å². The van der Waals surface area contributed by atoms with Gasteiger partial charge in [-0.2, -0.15) is 0 Å². The van der Waals surface area contributed by atoms with Crippen molar-refractivity contribution in [1.29, 1.82) is 0 Å². The fourth-order valence-corrected chi connectivity index (χ4v) is 2.90. The summed E-state index contributed by atoms with van der Waals surface area (Å²) in [5.74, 6) is 0.823. The highest BCUT2D eigenvalue weighted by atomic mass is 35.5. The molecule has 0 saturated heterocycles. The minimum atomic E-state index is 0.157. The quantitative estimate of drug-likeness (QED) is 0.562. The maximum absolute atomic E-state index is 10.2. The van der Waals surface area contributed by atoms with Crippen molar-refractivity contribution in [2.24, 2.45) is 0 Å². The largest absolute Gasteiger partial charge is 0.507 e. The van der Waals surface area contributed by atoms with Crippen LogP contribution in [-0.2, 0) is 0 Å². The number of aromatic hydroxyl groups is 1. The summed E-state index contributed by atoms with van der Waals surface area (Å²) in [4.78, 5) is 4.78. The molecule has 0 bridgehead atoms. The summed E-state index contributed by atoms with van der Waals surface area (Å²) in [6, 6.07) is 20.9. The minimum Gasteiger partial charge on any atom is -0.507 e. The van der Waals surface area contributed by atoms with Gasteiger partial charge >= 0.3 is 0 Å². The molecule has 0 aliphatic carbocycles. The molecular formula is C19H13ClN2O. The summed E-state index contributed by atoms with van der Waals surface area (Å²) >= 11 is 6.09. The predicted octanol–water partition coefficient (Wildman–Crippen LogP) is 5.03. The molecule has 0 atom stereocenters. The molecule has 0 amide bonds. The molecule has 112 valence electrons. The number of hydrogen-bond donors (Lipinski definition) is 1. The second-order valence-electron chi connectivity index (χ2n) is 5.27. The normalized spacial score (nSPS) is 11.0. The molecule has 4 heteroatoms. The van der Waals surface area contributed by atoms with Crippen LogP contribution in [0, 0.1) is 0 Å². The van der Waals surface area contributed by atoms with Gasteiger partial charge in [0.1, 0.15) is 11.6 Å². The molecule has 2 heterocycles. The van der Waals surface area contributed by atoms with Gasteiger partial charge in [0, 0.05) is 16.8 Å². The molecular weight excluding hydrogens is 308 g/mol. The summed E-state index contributed by atoms with van der Waals surface area (Å²) in [5.41, 5.74) is 3.50. The maximum atomic E-state index is 10.2. The van der Waals surface area contributed by atoms with E-state index in [-0.39, 0.29) is 5.75 Å². The number of aromatic nitrogens is 2. The van der Waals surface area contributed by atoms with Crippen molar-refractivity contribution in [3.8, 4) is 28.4 Å². The Bertz CT molecular complexity index is 993. The number of hydrogen-bond acceptors (Lipinski definition) is 2. The molecule has 2 aromatic carbocycles. The lowest BCUT2D eigenvalue weighted by atomic mass is 10.1. The van der Waals surface area contributed by atoms with Gasteiger partial charge in [0.05, 0.1) is 16.8 Å². The van der Waals surface area contributed by atoms with Gasteiger partial charge in [-0.25, -0.2) is 4.98 Å². The van der Waals surface area contributed by atoms with Gasteiger partial charge in [0.15, 0.2) is 0 Å². The van der Waals surface area contributed by atoms with E-state index in [4.69, 9.17) is 16.6 Å². The van der Waals surface area contributed by atoms with E-state index < -0.39 is 0 Å². The van der Waals surface area contributed by atoms with Crippen LogP contribution in [0.25, 0.3) is 28.2 Å². The molecule has 0 radical (unpaired) electrons. The van der Waals surface area contributed by atoms with Crippen LogP contribution in [0.2, 0.25) is 5.02 Å². The fraction of sp³-hybridized carbons (Fsp3) is 0. The van der Waals surface area contributed by atoms with E-state index in [1.807, 2.05) is 59.1 Å². The third-order valence-corrected chi connectivity index (χ3v) is 4.03. The average molecular weight is 321 g/mol. The number of pyridine rings is 1. The summed E-state index contributed by atoms with van der Waals surface area (Å²) in [7, 11) is 0. The SMILES string of the molecule is Oc1ccc(Cl)cc1-c1nc(-c2ccccc2)c2ccccn12. The van der Waals surface area contributed by atoms with Gasteiger partial charge in [-0.1, -0.05) is 48.0 Å². The lowest BCUT2D eigenvalue weighted by Crippen LogP contribution is -1.89. The Morgan fingerprint density at radius 1 is 0.913 bits per heavy atom. The smallest absolute Gasteiger partial charge is 0.149 e. The Morgan fingerprint density at radius 2 is 1.70 bits per heavy atom. The van der Waals surface area contributed by atoms with E-state index in [1.54, 1.807) is 18.2 Å². The second-order valence-corrected chi connectivity index (χ2v) is 5.70. The number of halogens is 1. The van der Waals surface area contributed by atoms with Crippen molar-refractivity contribution in [1.82, 2.24) is 9.38 Å². The molecule has 2 aromatic heterocycles. The van der Waals surface area contributed by atoms with Crippen molar-refractivity contribution in [2.45, 2.75) is 0 Å². The topological polar surface area (TPSA) is 37.5 Å². The van der Waals surface area contributed by atoms with E-state index in [0.29, 0.717) is 16.4 Å². The number of imidazole rings is 1. The molecule has 0 fully saturated rings. The van der Waals surface area contributed by atoms with E-state index in [2.05, 4.69) is 0 Å². The van der Waals surface area contributed by atoms with E-state index >= 15 is 0 Å². The number of phenols is 1. The number of fused-ring (bicyclic) bond motifs is 1. The first-order chi connectivity index (χ1) is 11.2. The van der Waals surface area contributed by atoms with Gasteiger partial charge in [-0.05, 0) is 30.3 Å². The minimum absolute atomic E-state index is 0.157. The highest BCUT2D eigenvalue weighted by Gasteiger charge is 2.16. The van der Waals surface area contributed by atoms with Gasteiger partial charge in [0.25, 0.3) is 0 Å². The third-order valence-electron chi connectivity index (χ3n) is 3.80. The van der Waals surface area contributed by atoms with Crippen molar-refractivity contribution in [3.05, 3.63) is 77.9 Å². The monoisotopic (exact) mass is 320 g/mol. The third kappa shape index (κ3) is 2.35. The van der Waals surface area contributed by atoms with Gasteiger partial charge in [-0.3, -0.25) is 4.40 Å². The lowest BCUT2D eigenvalue weighted by Gasteiger charge is -2.04. The standard InChI is InChI=1S/C19H13ClN2O/c20-14-9-10-17(23)15(12-14)19-21-18(13-6-2-1-3-7-13)16-8-4-5-11-22(16)19/h1-12,23H. The molecule has 0 unspecified atom stereocenters. The van der Waals surface area contributed by atoms with Crippen LogP contribution in [-0.4, -0.2) is 14.5 Å². The number of phenolic OH excluding ortho intramolecular Hbond substituents is 1. The summed E-state index contributed by atoms with van der Waals surface area (Å²) in [5, 5.41) is 10.8. The molecule has 1 N–H and O–H groups in total. The van der Waals surface area contributed by atoms with Gasteiger partial charge in [0.2, 0.25) is 0 Å². The fourth-order valence-electron chi connectivity index (χ4n) is 2.72. The molecule has 23 heavy (non-hydrogen) atoms. The van der Waals surface area contributed by atoms with Crippen LogP contribution in [0.1, 0.15) is 0 Å². The van der Waals surface area contributed by atoms with E-state index in [9.17, 15) is 5.11 Å². The highest BCUT2D eigenvalue weighted by Crippen LogP contribution is 2.34. The van der Waals surface area contributed by atoms with Crippen LogP contribution in [0.4, 0.5) is 0 Å². The van der Waals surface area contributed by atoms with E-state index in [0.717, 1.165) is 16.8 Å². The Morgan fingerprint density at radius 3 is 2.52 bits per heavy atom. The summed E-state index contributed by atoms with van der Waals surface area (Å²) in [6.45, 7) is 0. The van der Waals surface area contributed by atoms with Crippen LogP contribution in [0.3, 0.4) is 0 Å². The zero-order chi connectivity index (χ0) is 15.8. The summed E-state index contributed by atoms with van der Waals surface area (Å²) in [6.07, 6.45) is 1.93.